The SMILES string of the molecule is CC(C)COC(=O)c1cc([O])sn1. The fraction of sp³-hybridized carbons (Fsp3) is 0.500. The monoisotopic (exact) mass is 200 g/mol. The van der Waals surface area contributed by atoms with E-state index >= 15 is 0 Å². The Bertz CT molecular complexity index is 295. The molecule has 0 amide bonds. The molecule has 4 nitrogen and oxygen atoms in total. The average Bonchev–Trinajstić information content (AvgIpc) is 2.47. The third-order valence-electron chi connectivity index (χ3n) is 1.25. The molecule has 0 aliphatic rings. The molecule has 0 aliphatic carbocycles. The lowest BCUT2D eigenvalue weighted by Crippen LogP contribution is -2.10. The number of rotatable bonds is 3. The molecule has 0 saturated heterocycles. The maximum atomic E-state index is 11.1. The van der Waals surface area contributed by atoms with Gasteiger partial charge in [-0.1, -0.05) is 13.8 Å². The van der Waals surface area contributed by atoms with Crippen LogP contribution in [0.5, 0.6) is 5.06 Å². The van der Waals surface area contributed by atoms with Gasteiger partial charge in [0.2, 0.25) is 0 Å². The summed E-state index contributed by atoms with van der Waals surface area (Å²) in [6, 6.07) is 1.19. The molecule has 0 aliphatic heterocycles. The molecule has 0 bridgehead atoms. The minimum atomic E-state index is -0.521. The molecular weight excluding hydrogens is 190 g/mol. The van der Waals surface area contributed by atoms with Crippen molar-refractivity contribution in [1.29, 1.82) is 0 Å². The standard InChI is InChI=1S/C8H10NO3S/c1-5(2)4-12-8(11)6-3-7(10)13-9-6/h3,5H,4H2,1-2H3. The van der Waals surface area contributed by atoms with Crippen LogP contribution in [-0.4, -0.2) is 16.9 Å². The minimum Gasteiger partial charge on any atom is -0.461 e. The summed E-state index contributed by atoms with van der Waals surface area (Å²) < 4.78 is 8.52. The first kappa shape index (κ1) is 9.98. The smallest absolute Gasteiger partial charge is 0.358 e. The zero-order valence-corrected chi connectivity index (χ0v) is 8.26. The third-order valence-corrected chi connectivity index (χ3v) is 1.83. The summed E-state index contributed by atoms with van der Waals surface area (Å²) in [7, 11) is 0. The van der Waals surface area contributed by atoms with E-state index in [4.69, 9.17) is 4.74 Å². The molecule has 0 spiro atoms. The molecule has 1 aromatic heterocycles. The highest BCUT2D eigenvalue weighted by molar-refractivity contribution is 7.07. The van der Waals surface area contributed by atoms with Crippen molar-refractivity contribution in [3.8, 4) is 5.06 Å². The zero-order chi connectivity index (χ0) is 9.84. The molecule has 0 aromatic carbocycles. The van der Waals surface area contributed by atoms with Crippen molar-refractivity contribution < 1.29 is 14.6 Å². The molecule has 5 heteroatoms. The van der Waals surface area contributed by atoms with Crippen molar-refractivity contribution >= 4 is 17.5 Å². The topological polar surface area (TPSA) is 59.1 Å². The largest absolute Gasteiger partial charge is 0.461 e. The second kappa shape index (κ2) is 4.23. The number of aromatic nitrogens is 1. The van der Waals surface area contributed by atoms with E-state index in [1.54, 1.807) is 0 Å². The summed E-state index contributed by atoms with van der Waals surface area (Å²) in [5.41, 5.74) is 0.107. The number of esters is 1. The quantitative estimate of drug-likeness (QED) is 0.702. The molecule has 1 heterocycles. The average molecular weight is 200 g/mol. The zero-order valence-electron chi connectivity index (χ0n) is 7.44. The molecule has 0 saturated carbocycles. The van der Waals surface area contributed by atoms with E-state index in [0.29, 0.717) is 6.61 Å². The Balaban J connectivity index is 2.49. The van der Waals surface area contributed by atoms with Gasteiger partial charge < -0.3 is 4.74 Å². The van der Waals surface area contributed by atoms with E-state index in [-0.39, 0.29) is 16.7 Å². The fourth-order valence-corrected chi connectivity index (χ4v) is 1.15. The van der Waals surface area contributed by atoms with Crippen LogP contribution in [0.2, 0.25) is 0 Å². The molecule has 0 fully saturated rings. The lowest BCUT2D eigenvalue weighted by atomic mass is 10.2. The predicted molar refractivity (Wildman–Crippen MR) is 47.4 cm³/mol. The molecule has 0 atom stereocenters. The summed E-state index contributed by atoms with van der Waals surface area (Å²) >= 11 is 0.761. The van der Waals surface area contributed by atoms with Crippen molar-refractivity contribution in [2.24, 2.45) is 5.92 Å². The van der Waals surface area contributed by atoms with Gasteiger partial charge in [0, 0.05) is 17.6 Å². The van der Waals surface area contributed by atoms with Gasteiger partial charge in [0.25, 0.3) is 5.06 Å². The lowest BCUT2D eigenvalue weighted by Gasteiger charge is -2.04. The van der Waals surface area contributed by atoms with E-state index in [1.165, 1.54) is 6.07 Å². The van der Waals surface area contributed by atoms with Crippen LogP contribution < -0.4 is 0 Å². The summed E-state index contributed by atoms with van der Waals surface area (Å²) in [4.78, 5) is 11.1. The Labute approximate surface area is 80.3 Å². The number of carbonyl (C=O) groups excluding carboxylic acids is 1. The molecule has 0 N–H and O–H groups in total. The van der Waals surface area contributed by atoms with Crippen molar-refractivity contribution in [1.82, 2.24) is 4.37 Å². The van der Waals surface area contributed by atoms with Crippen molar-refractivity contribution in [2.75, 3.05) is 6.61 Å². The van der Waals surface area contributed by atoms with Crippen LogP contribution in [0.1, 0.15) is 24.3 Å². The maximum Gasteiger partial charge on any atom is 0.358 e. The van der Waals surface area contributed by atoms with Crippen molar-refractivity contribution in [3.05, 3.63) is 11.8 Å². The van der Waals surface area contributed by atoms with Gasteiger partial charge in [-0.15, -0.1) is 0 Å². The van der Waals surface area contributed by atoms with Gasteiger partial charge in [0.15, 0.2) is 5.69 Å². The predicted octanol–water partition coefficient (Wildman–Crippen LogP) is 2.10. The van der Waals surface area contributed by atoms with Crippen LogP contribution in [0.3, 0.4) is 0 Å². The molecule has 0 unspecified atom stereocenters. The summed E-state index contributed by atoms with van der Waals surface area (Å²) in [5.74, 6) is -0.235. The van der Waals surface area contributed by atoms with Crippen LogP contribution in [0.4, 0.5) is 0 Å². The van der Waals surface area contributed by atoms with E-state index in [0.717, 1.165) is 11.5 Å². The van der Waals surface area contributed by atoms with Crippen LogP contribution in [0.25, 0.3) is 0 Å². The Morgan fingerprint density at radius 2 is 2.38 bits per heavy atom. The van der Waals surface area contributed by atoms with Crippen LogP contribution in [0, 0.1) is 5.92 Å². The first-order chi connectivity index (χ1) is 6.09. The first-order valence-electron chi connectivity index (χ1n) is 3.90. The van der Waals surface area contributed by atoms with Gasteiger partial charge in [-0.05, 0) is 5.92 Å². The number of hydrogen-bond acceptors (Lipinski definition) is 4. The Morgan fingerprint density at radius 1 is 1.69 bits per heavy atom. The highest BCUT2D eigenvalue weighted by atomic mass is 32.1. The number of nitrogens with zero attached hydrogens (tertiary/aromatic N) is 1. The van der Waals surface area contributed by atoms with Gasteiger partial charge in [-0.2, -0.15) is 4.37 Å². The molecule has 1 aromatic rings. The van der Waals surface area contributed by atoms with Crippen LogP contribution in [-0.2, 0) is 9.84 Å². The van der Waals surface area contributed by atoms with Gasteiger partial charge in [-0.25, -0.2) is 4.79 Å². The molecule has 1 radical (unpaired) electrons. The number of carbonyl (C=O) groups is 1. The summed E-state index contributed by atoms with van der Waals surface area (Å²) in [6.07, 6.45) is 0. The third kappa shape index (κ3) is 3.02. The Hall–Kier alpha value is -1.10. The highest BCUT2D eigenvalue weighted by Gasteiger charge is 2.12. The van der Waals surface area contributed by atoms with Gasteiger partial charge in [0.05, 0.1) is 6.61 Å². The Morgan fingerprint density at radius 3 is 2.85 bits per heavy atom. The molecule has 71 valence electrons. The Kier molecular flexibility index (Phi) is 3.25. The second-order valence-corrected chi connectivity index (χ2v) is 3.79. The molecule has 13 heavy (non-hydrogen) atoms. The van der Waals surface area contributed by atoms with E-state index < -0.39 is 5.97 Å². The molecule has 1 rings (SSSR count). The maximum absolute atomic E-state index is 11.1. The van der Waals surface area contributed by atoms with E-state index in [2.05, 4.69) is 4.37 Å². The van der Waals surface area contributed by atoms with Crippen molar-refractivity contribution in [3.63, 3.8) is 0 Å². The van der Waals surface area contributed by atoms with Gasteiger partial charge >= 0.3 is 5.97 Å². The number of hydrogen-bond donors (Lipinski definition) is 0. The van der Waals surface area contributed by atoms with E-state index in [1.807, 2.05) is 13.8 Å². The highest BCUT2D eigenvalue weighted by Crippen LogP contribution is 2.18. The minimum absolute atomic E-state index is 0.107. The second-order valence-electron chi connectivity index (χ2n) is 3.02. The van der Waals surface area contributed by atoms with Gasteiger partial charge in [-0.3, -0.25) is 5.11 Å². The lowest BCUT2D eigenvalue weighted by molar-refractivity contribution is 0.0453. The molecular formula is C8H10NO3S. The van der Waals surface area contributed by atoms with Crippen LogP contribution in [0.15, 0.2) is 6.07 Å². The first-order valence-corrected chi connectivity index (χ1v) is 4.68. The normalized spacial score (nSPS) is 10.4. The van der Waals surface area contributed by atoms with E-state index in [9.17, 15) is 9.90 Å². The van der Waals surface area contributed by atoms with Crippen LogP contribution >= 0.6 is 11.5 Å². The van der Waals surface area contributed by atoms with Gasteiger partial charge in [0.1, 0.15) is 0 Å². The summed E-state index contributed by atoms with van der Waals surface area (Å²) in [5, 5.41) is 10.5. The number of ether oxygens (including phenoxy) is 1. The fourth-order valence-electron chi connectivity index (χ4n) is 0.671. The van der Waals surface area contributed by atoms with Crippen molar-refractivity contribution in [2.45, 2.75) is 13.8 Å². The summed E-state index contributed by atoms with van der Waals surface area (Å²) in [6.45, 7) is 4.23.